The summed E-state index contributed by atoms with van der Waals surface area (Å²) in [6, 6.07) is 12.9. The van der Waals surface area contributed by atoms with Crippen LogP contribution < -0.4 is 0 Å². The zero-order valence-electron chi connectivity index (χ0n) is 10.1. The summed E-state index contributed by atoms with van der Waals surface area (Å²) in [4.78, 5) is 0. The molecule has 0 radical (unpaired) electrons. The highest BCUT2D eigenvalue weighted by molar-refractivity contribution is 9.10. The van der Waals surface area contributed by atoms with Crippen LogP contribution in [0.25, 0.3) is 16.6 Å². The molecule has 5 heteroatoms. The summed E-state index contributed by atoms with van der Waals surface area (Å²) in [6.45, 7) is 0. The quantitative estimate of drug-likeness (QED) is 0.729. The standard InChI is InChI=1S/C15H8BrFN2O/c16-15-13(8-18)12-6-1-9(17)7-14(12)19(15)10-2-4-11(20)5-3-10/h1-7,20H. The van der Waals surface area contributed by atoms with Crippen molar-refractivity contribution in [1.82, 2.24) is 4.57 Å². The van der Waals surface area contributed by atoms with Crippen LogP contribution in [0.3, 0.4) is 0 Å². The summed E-state index contributed by atoms with van der Waals surface area (Å²) in [7, 11) is 0. The minimum absolute atomic E-state index is 0.146. The summed E-state index contributed by atoms with van der Waals surface area (Å²) in [5.41, 5.74) is 1.78. The summed E-state index contributed by atoms with van der Waals surface area (Å²) in [5, 5.41) is 19.3. The summed E-state index contributed by atoms with van der Waals surface area (Å²) < 4.78 is 15.8. The SMILES string of the molecule is N#Cc1c(Br)n(-c2ccc(O)cc2)c2cc(F)ccc12. The van der Waals surface area contributed by atoms with Gasteiger partial charge in [-0.1, -0.05) is 0 Å². The Morgan fingerprint density at radius 2 is 1.85 bits per heavy atom. The van der Waals surface area contributed by atoms with Crippen LogP contribution in [-0.4, -0.2) is 9.67 Å². The first kappa shape index (κ1) is 12.7. The lowest BCUT2D eigenvalue weighted by molar-refractivity contribution is 0.475. The molecule has 0 spiro atoms. The van der Waals surface area contributed by atoms with Crippen molar-refractivity contribution in [3.63, 3.8) is 0 Å². The summed E-state index contributed by atoms with van der Waals surface area (Å²) >= 11 is 3.39. The maximum absolute atomic E-state index is 13.5. The number of hydrogen-bond acceptors (Lipinski definition) is 2. The number of aromatic hydroxyl groups is 1. The number of halogens is 2. The molecule has 0 aliphatic carbocycles. The van der Waals surface area contributed by atoms with Gasteiger partial charge in [0.05, 0.1) is 11.1 Å². The second kappa shape index (κ2) is 4.66. The van der Waals surface area contributed by atoms with E-state index >= 15 is 0 Å². The Morgan fingerprint density at radius 3 is 2.50 bits per heavy atom. The van der Waals surface area contributed by atoms with Crippen LogP contribution >= 0.6 is 15.9 Å². The van der Waals surface area contributed by atoms with Gasteiger partial charge < -0.3 is 9.67 Å². The zero-order valence-corrected chi connectivity index (χ0v) is 11.7. The molecule has 0 unspecified atom stereocenters. The highest BCUT2D eigenvalue weighted by Gasteiger charge is 2.16. The molecule has 3 nitrogen and oxygen atoms in total. The van der Waals surface area contributed by atoms with E-state index in [0.29, 0.717) is 21.1 Å². The monoisotopic (exact) mass is 330 g/mol. The van der Waals surface area contributed by atoms with Crippen molar-refractivity contribution in [3.8, 4) is 17.5 Å². The fraction of sp³-hybridized carbons (Fsp3) is 0. The van der Waals surface area contributed by atoms with Gasteiger partial charge in [-0.15, -0.1) is 0 Å². The normalized spacial score (nSPS) is 10.7. The fourth-order valence-electron chi connectivity index (χ4n) is 2.19. The molecule has 2 aromatic carbocycles. The van der Waals surface area contributed by atoms with Gasteiger partial charge in [0.15, 0.2) is 0 Å². The van der Waals surface area contributed by atoms with E-state index in [4.69, 9.17) is 0 Å². The second-order valence-electron chi connectivity index (χ2n) is 4.29. The molecule has 3 rings (SSSR count). The minimum atomic E-state index is -0.369. The number of phenolic OH excluding ortho intramolecular Hbond substituents is 1. The maximum Gasteiger partial charge on any atom is 0.125 e. The molecule has 3 aromatic rings. The number of rotatable bonds is 1. The predicted molar refractivity (Wildman–Crippen MR) is 77.3 cm³/mol. The fourth-order valence-corrected chi connectivity index (χ4v) is 2.89. The third kappa shape index (κ3) is 1.86. The predicted octanol–water partition coefficient (Wildman–Crippen LogP) is 4.11. The average molecular weight is 331 g/mol. The van der Waals surface area contributed by atoms with Gasteiger partial charge in [0.2, 0.25) is 0 Å². The van der Waals surface area contributed by atoms with Gasteiger partial charge in [0, 0.05) is 11.1 Å². The first-order chi connectivity index (χ1) is 9.61. The van der Waals surface area contributed by atoms with Crippen molar-refractivity contribution in [2.24, 2.45) is 0 Å². The van der Waals surface area contributed by atoms with E-state index in [2.05, 4.69) is 22.0 Å². The van der Waals surface area contributed by atoms with Gasteiger partial charge in [0.25, 0.3) is 0 Å². The largest absolute Gasteiger partial charge is 0.508 e. The van der Waals surface area contributed by atoms with Gasteiger partial charge in [0.1, 0.15) is 22.2 Å². The highest BCUT2D eigenvalue weighted by atomic mass is 79.9. The zero-order chi connectivity index (χ0) is 14.3. The minimum Gasteiger partial charge on any atom is -0.508 e. The molecule has 0 bridgehead atoms. The number of hydrogen-bond donors (Lipinski definition) is 1. The van der Waals surface area contributed by atoms with Gasteiger partial charge in [-0.3, -0.25) is 0 Å². The number of phenols is 1. The van der Waals surface area contributed by atoms with Crippen molar-refractivity contribution in [3.05, 3.63) is 58.4 Å². The van der Waals surface area contributed by atoms with Crippen LogP contribution in [-0.2, 0) is 0 Å². The molecule has 1 N–H and O–H groups in total. The van der Waals surface area contributed by atoms with E-state index in [0.717, 1.165) is 5.69 Å². The van der Waals surface area contributed by atoms with Gasteiger partial charge in [-0.2, -0.15) is 5.26 Å². The lowest BCUT2D eigenvalue weighted by atomic mass is 10.2. The summed E-state index contributed by atoms with van der Waals surface area (Å²) in [5.74, 6) is -0.222. The molecule has 98 valence electrons. The van der Waals surface area contributed by atoms with Crippen molar-refractivity contribution in [1.29, 1.82) is 5.26 Å². The molecule has 0 fully saturated rings. The molecule has 0 saturated carbocycles. The van der Waals surface area contributed by atoms with Crippen molar-refractivity contribution in [2.45, 2.75) is 0 Å². The van der Waals surface area contributed by atoms with E-state index in [1.54, 1.807) is 34.9 Å². The Kier molecular flexibility index (Phi) is 2.96. The molecule has 0 atom stereocenters. The third-order valence-corrected chi connectivity index (χ3v) is 3.84. The molecule has 0 amide bonds. The van der Waals surface area contributed by atoms with Crippen molar-refractivity contribution >= 4 is 26.8 Å². The Labute approximate surface area is 122 Å². The molecule has 20 heavy (non-hydrogen) atoms. The number of aromatic nitrogens is 1. The van der Waals surface area contributed by atoms with E-state index in [-0.39, 0.29) is 11.6 Å². The highest BCUT2D eigenvalue weighted by Crippen LogP contribution is 2.33. The van der Waals surface area contributed by atoms with Crippen molar-refractivity contribution in [2.75, 3.05) is 0 Å². The molecule has 0 saturated heterocycles. The van der Waals surface area contributed by atoms with Gasteiger partial charge in [-0.05, 0) is 58.4 Å². The Balaban J connectivity index is 2.40. The van der Waals surface area contributed by atoms with Crippen molar-refractivity contribution < 1.29 is 9.50 Å². The first-order valence-electron chi connectivity index (χ1n) is 5.81. The Hall–Kier alpha value is -2.32. The van der Waals surface area contributed by atoms with Crippen LogP contribution in [0.4, 0.5) is 4.39 Å². The van der Waals surface area contributed by atoms with E-state index in [1.165, 1.54) is 12.1 Å². The molecular formula is C15H8BrFN2O. The number of benzene rings is 2. The molecule has 0 aliphatic rings. The molecule has 1 aromatic heterocycles. The van der Waals surface area contributed by atoms with Gasteiger partial charge >= 0.3 is 0 Å². The summed E-state index contributed by atoms with van der Waals surface area (Å²) in [6.07, 6.45) is 0. The maximum atomic E-state index is 13.5. The van der Waals surface area contributed by atoms with Gasteiger partial charge in [-0.25, -0.2) is 4.39 Å². The van der Waals surface area contributed by atoms with Crippen LogP contribution in [0.1, 0.15) is 5.56 Å². The Bertz CT molecular complexity index is 847. The lowest BCUT2D eigenvalue weighted by Crippen LogP contribution is -1.94. The number of nitriles is 1. The van der Waals surface area contributed by atoms with Crippen LogP contribution in [0.5, 0.6) is 5.75 Å². The third-order valence-electron chi connectivity index (χ3n) is 3.09. The first-order valence-corrected chi connectivity index (χ1v) is 6.60. The van der Waals surface area contributed by atoms with E-state index < -0.39 is 0 Å². The average Bonchev–Trinajstić information content (AvgIpc) is 2.71. The lowest BCUT2D eigenvalue weighted by Gasteiger charge is -2.07. The van der Waals surface area contributed by atoms with E-state index in [1.807, 2.05) is 0 Å². The van der Waals surface area contributed by atoms with Crippen LogP contribution in [0.15, 0.2) is 47.1 Å². The Morgan fingerprint density at radius 1 is 1.15 bits per heavy atom. The van der Waals surface area contributed by atoms with E-state index in [9.17, 15) is 14.8 Å². The molecule has 1 heterocycles. The second-order valence-corrected chi connectivity index (χ2v) is 5.04. The number of nitrogens with zero attached hydrogens (tertiary/aromatic N) is 2. The molecule has 0 aliphatic heterocycles. The molecular weight excluding hydrogens is 323 g/mol. The van der Waals surface area contributed by atoms with Crippen LogP contribution in [0.2, 0.25) is 0 Å². The number of fused-ring (bicyclic) bond motifs is 1. The van der Waals surface area contributed by atoms with Crippen LogP contribution in [0, 0.1) is 17.1 Å². The topological polar surface area (TPSA) is 49.0 Å². The smallest absolute Gasteiger partial charge is 0.125 e.